The van der Waals surface area contributed by atoms with Crippen LogP contribution in [0.2, 0.25) is 0 Å². The molecule has 68 valence electrons. The van der Waals surface area contributed by atoms with Gasteiger partial charge in [-0.05, 0) is 0 Å². The van der Waals surface area contributed by atoms with E-state index in [0.717, 1.165) is 0 Å². The average molecular weight is 186 g/mol. The van der Waals surface area contributed by atoms with Gasteiger partial charge in [-0.25, -0.2) is 4.67 Å². The Balaban J connectivity index is 1.95. The fourth-order valence-electron chi connectivity index (χ4n) is 0.967. The molecule has 1 fully saturated rings. The van der Waals surface area contributed by atoms with E-state index in [1.54, 1.807) is 0 Å². The first-order valence-corrected chi connectivity index (χ1v) is 5.48. The van der Waals surface area contributed by atoms with E-state index in [2.05, 4.69) is 30.5 Å². The highest BCUT2D eigenvalue weighted by Gasteiger charge is 2.36. The zero-order chi connectivity index (χ0) is 8.77. The lowest BCUT2D eigenvalue weighted by atomic mass is 9.93. The Morgan fingerprint density at radius 1 is 1.50 bits per heavy atom. The van der Waals surface area contributed by atoms with Crippen LogP contribution in [0.15, 0.2) is 12.0 Å². The summed E-state index contributed by atoms with van der Waals surface area (Å²) < 4.78 is 7.84. The normalized spacial score (nSPS) is 29.2. The highest BCUT2D eigenvalue weighted by molar-refractivity contribution is 7.48. The summed E-state index contributed by atoms with van der Waals surface area (Å²) in [5.74, 6) is 0. The topological polar surface area (TPSA) is 24.3 Å². The second-order valence-corrected chi connectivity index (χ2v) is 5.77. The first kappa shape index (κ1) is 8.33. The molecule has 3 nitrogen and oxygen atoms in total. The molecule has 2 heterocycles. The summed E-state index contributed by atoms with van der Waals surface area (Å²) >= 11 is 0. The monoisotopic (exact) mass is 186 g/mol. The van der Waals surface area contributed by atoms with Crippen molar-refractivity contribution in [2.24, 2.45) is 5.41 Å². The predicted octanol–water partition coefficient (Wildman–Crippen LogP) is 2.04. The van der Waals surface area contributed by atoms with E-state index in [9.17, 15) is 0 Å². The van der Waals surface area contributed by atoms with Crippen LogP contribution in [-0.2, 0) is 4.52 Å². The molecule has 0 radical (unpaired) electrons. The summed E-state index contributed by atoms with van der Waals surface area (Å²) in [7, 11) is -0.506. The predicted molar refractivity (Wildman–Crippen MR) is 50.3 cm³/mol. The van der Waals surface area contributed by atoms with Crippen molar-refractivity contribution in [2.45, 2.75) is 20.8 Å². The third-order valence-corrected chi connectivity index (χ3v) is 3.63. The number of allylic oxidation sites excluding steroid dienone is 1. The molecule has 12 heavy (non-hydrogen) atoms. The third-order valence-electron chi connectivity index (χ3n) is 1.98. The zero-order valence-electron chi connectivity index (χ0n) is 7.79. The van der Waals surface area contributed by atoms with E-state index < -0.39 is 8.45 Å². The minimum Gasteiger partial charge on any atom is -0.447 e. The molecular formula is C8H15N2OP. The molecule has 0 aliphatic carbocycles. The summed E-state index contributed by atoms with van der Waals surface area (Å²) in [5.41, 5.74) is 1.41. The molecule has 1 saturated heterocycles. The van der Waals surface area contributed by atoms with E-state index in [0.29, 0.717) is 0 Å². The maximum atomic E-state index is 5.53. The van der Waals surface area contributed by atoms with Crippen molar-refractivity contribution >= 4 is 8.45 Å². The summed E-state index contributed by atoms with van der Waals surface area (Å²) in [4.78, 5) is 0. The van der Waals surface area contributed by atoms with Crippen LogP contribution in [0, 0.1) is 5.41 Å². The summed E-state index contributed by atoms with van der Waals surface area (Å²) in [6.07, 6.45) is 1.88. The van der Waals surface area contributed by atoms with Gasteiger partial charge in [-0.3, -0.25) is 0 Å². The fourth-order valence-corrected chi connectivity index (χ4v) is 2.55. The van der Waals surface area contributed by atoms with Gasteiger partial charge in [0.1, 0.15) is 6.26 Å². The molecule has 4 heteroatoms. The van der Waals surface area contributed by atoms with Crippen LogP contribution < -0.4 is 5.09 Å². The Hall–Kier alpha value is -0.270. The molecule has 0 aromatic carbocycles. The van der Waals surface area contributed by atoms with Gasteiger partial charge in [0.25, 0.3) is 8.45 Å². The second kappa shape index (κ2) is 2.61. The van der Waals surface area contributed by atoms with Crippen molar-refractivity contribution < 1.29 is 4.52 Å². The van der Waals surface area contributed by atoms with E-state index in [1.165, 1.54) is 18.8 Å². The molecule has 2 rings (SSSR count). The van der Waals surface area contributed by atoms with Crippen LogP contribution >= 0.6 is 8.45 Å². The largest absolute Gasteiger partial charge is 0.447 e. The quantitative estimate of drug-likeness (QED) is 0.501. The van der Waals surface area contributed by atoms with Crippen LogP contribution in [0.4, 0.5) is 0 Å². The molecule has 0 bridgehead atoms. The van der Waals surface area contributed by atoms with Crippen LogP contribution in [0.1, 0.15) is 20.8 Å². The van der Waals surface area contributed by atoms with Gasteiger partial charge >= 0.3 is 0 Å². The maximum Gasteiger partial charge on any atom is 0.275 e. The highest BCUT2D eigenvalue weighted by Crippen LogP contribution is 2.49. The Morgan fingerprint density at radius 3 is 2.58 bits per heavy atom. The van der Waals surface area contributed by atoms with E-state index in [1.807, 2.05) is 6.26 Å². The smallest absolute Gasteiger partial charge is 0.275 e. The summed E-state index contributed by atoms with van der Waals surface area (Å²) in [6.45, 7) is 8.94. The minimum atomic E-state index is -0.506. The van der Waals surface area contributed by atoms with Crippen molar-refractivity contribution in [3.05, 3.63) is 12.0 Å². The van der Waals surface area contributed by atoms with Gasteiger partial charge in [0, 0.05) is 18.5 Å². The molecule has 1 N–H and O–H groups in total. The molecule has 0 aromatic heterocycles. The van der Waals surface area contributed by atoms with Crippen molar-refractivity contribution in [3.63, 3.8) is 0 Å². The minimum absolute atomic E-state index is 0.188. The number of nitrogens with one attached hydrogen (secondary N) is 1. The third kappa shape index (κ3) is 1.57. The molecule has 2 aliphatic heterocycles. The second-order valence-electron chi connectivity index (χ2n) is 4.23. The number of hydrogen-bond acceptors (Lipinski definition) is 3. The molecule has 0 saturated carbocycles. The van der Waals surface area contributed by atoms with Gasteiger partial charge in [0.05, 0.1) is 5.70 Å². The summed E-state index contributed by atoms with van der Waals surface area (Å²) in [6, 6.07) is 0. The van der Waals surface area contributed by atoms with E-state index in [4.69, 9.17) is 4.52 Å². The Morgan fingerprint density at radius 2 is 2.17 bits per heavy atom. The lowest BCUT2D eigenvalue weighted by Crippen LogP contribution is -2.18. The highest BCUT2D eigenvalue weighted by atomic mass is 31.2. The van der Waals surface area contributed by atoms with Crippen molar-refractivity contribution in [1.82, 2.24) is 9.76 Å². The summed E-state index contributed by atoms with van der Waals surface area (Å²) in [5, 5.41) is 3.42. The number of rotatable bonds is 1. The van der Waals surface area contributed by atoms with E-state index >= 15 is 0 Å². The Labute approximate surface area is 74.7 Å². The van der Waals surface area contributed by atoms with Crippen molar-refractivity contribution in [1.29, 1.82) is 0 Å². The van der Waals surface area contributed by atoms with Gasteiger partial charge < -0.3 is 9.61 Å². The molecule has 2 aliphatic rings. The Kier molecular flexibility index (Phi) is 1.81. The zero-order valence-corrected chi connectivity index (χ0v) is 8.69. The lowest BCUT2D eigenvalue weighted by Gasteiger charge is -2.20. The van der Waals surface area contributed by atoms with Crippen LogP contribution in [0.5, 0.6) is 0 Å². The molecule has 0 amide bonds. The molecule has 0 spiro atoms. The fraction of sp³-hybridized carbons (Fsp3) is 0.750. The number of nitrogens with zero attached hydrogens (tertiary/aromatic N) is 1. The van der Waals surface area contributed by atoms with Crippen LogP contribution in [0.3, 0.4) is 0 Å². The van der Waals surface area contributed by atoms with Gasteiger partial charge in [-0.1, -0.05) is 20.8 Å². The first-order valence-electron chi connectivity index (χ1n) is 4.26. The molecular weight excluding hydrogens is 171 g/mol. The van der Waals surface area contributed by atoms with Gasteiger partial charge in [0.2, 0.25) is 0 Å². The standard InChI is InChI=1S/C8H15N2OP/c1-8(2,3)7-6-11-12(9-7)10-4-5-10/h6,9H,4-5H2,1-3H3. The molecule has 0 aromatic rings. The average Bonchev–Trinajstić information content (AvgIpc) is 2.66. The molecule has 1 unspecified atom stereocenters. The van der Waals surface area contributed by atoms with Crippen LogP contribution in [-0.4, -0.2) is 17.8 Å². The van der Waals surface area contributed by atoms with Gasteiger partial charge in [-0.2, -0.15) is 0 Å². The lowest BCUT2D eigenvalue weighted by molar-refractivity contribution is 0.472. The number of hydrogen-bond donors (Lipinski definition) is 1. The van der Waals surface area contributed by atoms with Gasteiger partial charge in [-0.15, -0.1) is 0 Å². The van der Waals surface area contributed by atoms with E-state index in [-0.39, 0.29) is 5.41 Å². The maximum absolute atomic E-state index is 5.53. The Bertz CT molecular complexity index is 218. The van der Waals surface area contributed by atoms with Crippen LogP contribution in [0.25, 0.3) is 0 Å². The molecule has 1 atom stereocenters. The van der Waals surface area contributed by atoms with Crippen molar-refractivity contribution in [3.8, 4) is 0 Å². The first-order chi connectivity index (χ1) is 5.57. The van der Waals surface area contributed by atoms with Crippen molar-refractivity contribution in [2.75, 3.05) is 13.1 Å². The van der Waals surface area contributed by atoms with Gasteiger partial charge in [0.15, 0.2) is 0 Å². The SMILES string of the molecule is CC(C)(C)C1=COP(N2CC2)N1.